The summed E-state index contributed by atoms with van der Waals surface area (Å²) in [6.45, 7) is 6.92. The minimum atomic E-state index is 0.0916. The van der Waals surface area contributed by atoms with Crippen molar-refractivity contribution in [1.29, 1.82) is 0 Å². The average Bonchev–Trinajstić information content (AvgIpc) is 2.15. The van der Waals surface area contributed by atoms with Crippen LogP contribution in [-0.4, -0.2) is 6.61 Å². The Kier molecular flexibility index (Phi) is 3.96. The number of aryl methyl sites for hydroxylation is 1. The van der Waals surface area contributed by atoms with E-state index in [1.165, 1.54) is 0 Å². The normalized spacial score (nSPS) is 12.6. The molecule has 2 heteroatoms. The molecule has 1 aromatic carbocycles. The highest BCUT2D eigenvalue weighted by atomic mass is 16.5. The summed E-state index contributed by atoms with van der Waals surface area (Å²) in [6.07, 6.45) is 1.04. The molecule has 0 radical (unpaired) electrons. The zero-order valence-corrected chi connectivity index (χ0v) is 9.21. The third-order valence-corrected chi connectivity index (χ3v) is 2.19. The predicted octanol–water partition coefficient (Wildman–Crippen LogP) is 2.80. The van der Waals surface area contributed by atoms with Gasteiger partial charge in [-0.1, -0.05) is 19.1 Å². The van der Waals surface area contributed by atoms with Gasteiger partial charge in [-0.05, 0) is 37.5 Å². The molecule has 0 aromatic heterocycles. The van der Waals surface area contributed by atoms with E-state index in [0.717, 1.165) is 29.9 Å². The van der Waals surface area contributed by atoms with Gasteiger partial charge in [0.25, 0.3) is 0 Å². The summed E-state index contributed by atoms with van der Waals surface area (Å²) in [7, 11) is 0. The summed E-state index contributed by atoms with van der Waals surface area (Å²) >= 11 is 0. The molecule has 0 unspecified atom stereocenters. The maximum atomic E-state index is 5.79. The molecule has 1 rings (SSSR count). The summed E-state index contributed by atoms with van der Waals surface area (Å²) in [6, 6.07) is 6.22. The van der Waals surface area contributed by atoms with Crippen molar-refractivity contribution in [3.05, 3.63) is 29.3 Å². The lowest BCUT2D eigenvalue weighted by molar-refractivity contribution is 0.315. The van der Waals surface area contributed by atoms with Crippen molar-refractivity contribution < 1.29 is 4.74 Å². The molecule has 0 spiro atoms. The van der Waals surface area contributed by atoms with Gasteiger partial charge in [0, 0.05) is 6.04 Å². The lowest BCUT2D eigenvalue weighted by Crippen LogP contribution is -2.05. The van der Waals surface area contributed by atoms with Gasteiger partial charge in [0.1, 0.15) is 5.75 Å². The molecule has 0 aliphatic heterocycles. The maximum absolute atomic E-state index is 5.79. The molecule has 0 heterocycles. The van der Waals surface area contributed by atoms with Gasteiger partial charge in [0.2, 0.25) is 0 Å². The Morgan fingerprint density at radius 2 is 2.14 bits per heavy atom. The highest BCUT2D eigenvalue weighted by Crippen LogP contribution is 2.21. The van der Waals surface area contributed by atoms with E-state index in [9.17, 15) is 0 Å². The fourth-order valence-corrected chi connectivity index (χ4v) is 1.33. The fraction of sp³-hybridized carbons (Fsp3) is 0.500. The third kappa shape index (κ3) is 2.74. The van der Waals surface area contributed by atoms with Crippen molar-refractivity contribution in [3.8, 4) is 5.75 Å². The van der Waals surface area contributed by atoms with E-state index in [4.69, 9.17) is 10.5 Å². The Morgan fingerprint density at radius 3 is 2.64 bits per heavy atom. The van der Waals surface area contributed by atoms with Crippen molar-refractivity contribution in [1.82, 2.24) is 0 Å². The summed E-state index contributed by atoms with van der Waals surface area (Å²) in [4.78, 5) is 0. The molecule has 0 saturated carbocycles. The van der Waals surface area contributed by atoms with Crippen LogP contribution in [0.3, 0.4) is 0 Å². The number of rotatable bonds is 4. The molecule has 14 heavy (non-hydrogen) atoms. The van der Waals surface area contributed by atoms with Crippen molar-refractivity contribution in [3.63, 3.8) is 0 Å². The van der Waals surface area contributed by atoms with E-state index in [1.54, 1.807) is 0 Å². The maximum Gasteiger partial charge on any atom is 0.122 e. The van der Waals surface area contributed by atoms with Crippen LogP contribution >= 0.6 is 0 Å². The van der Waals surface area contributed by atoms with Crippen LogP contribution < -0.4 is 10.5 Å². The van der Waals surface area contributed by atoms with Crippen molar-refractivity contribution >= 4 is 0 Å². The first kappa shape index (κ1) is 11.1. The Morgan fingerprint density at radius 1 is 1.43 bits per heavy atom. The Hall–Kier alpha value is -1.02. The van der Waals surface area contributed by atoms with Crippen LogP contribution in [0.2, 0.25) is 0 Å². The first-order chi connectivity index (χ1) is 6.65. The largest absolute Gasteiger partial charge is 0.493 e. The average molecular weight is 193 g/mol. The smallest absolute Gasteiger partial charge is 0.122 e. The Bertz CT molecular complexity index is 294. The minimum absolute atomic E-state index is 0.0916. The number of ether oxygens (including phenoxy) is 1. The predicted molar refractivity (Wildman–Crippen MR) is 59.6 cm³/mol. The second-order valence-corrected chi connectivity index (χ2v) is 3.66. The van der Waals surface area contributed by atoms with Crippen molar-refractivity contribution in [2.24, 2.45) is 5.73 Å². The van der Waals surface area contributed by atoms with Crippen LogP contribution in [0.25, 0.3) is 0 Å². The van der Waals surface area contributed by atoms with Crippen LogP contribution in [-0.2, 0) is 0 Å². The van der Waals surface area contributed by atoms with Gasteiger partial charge in [-0.15, -0.1) is 0 Å². The van der Waals surface area contributed by atoms with E-state index in [1.807, 2.05) is 19.1 Å². The number of hydrogen-bond donors (Lipinski definition) is 1. The second kappa shape index (κ2) is 5.01. The Balaban J connectivity index is 2.79. The van der Waals surface area contributed by atoms with Crippen LogP contribution in [0.5, 0.6) is 5.75 Å². The summed E-state index contributed by atoms with van der Waals surface area (Å²) in [5.41, 5.74) is 8.11. The second-order valence-electron chi connectivity index (χ2n) is 3.66. The lowest BCUT2D eigenvalue weighted by atomic mass is 10.1. The molecule has 2 nitrogen and oxygen atoms in total. The minimum Gasteiger partial charge on any atom is -0.493 e. The number of hydrogen-bond acceptors (Lipinski definition) is 2. The van der Waals surface area contributed by atoms with E-state index in [0.29, 0.717) is 0 Å². The van der Waals surface area contributed by atoms with E-state index in [2.05, 4.69) is 19.9 Å². The van der Waals surface area contributed by atoms with E-state index < -0.39 is 0 Å². The summed E-state index contributed by atoms with van der Waals surface area (Å²) in [5.74, 6) is 0.969. The molecule has 78 valence electrons. The molecule has 0 aliphatic carbocycles. The SMILES string of the molecule is CCCOc1ccc([C@@H](C)N)cc1C. The molecule has 0 saturated heterocycles. The molecular formula is C12H19NO. The fourth-order valence-electron chi connectivity index (χ4n) is 1.33. The summed E-state index contributed by atoms with van der Waals surface area (Å²) in [5, 5.41) is 0. The molecule has 2 N–H and O–H groups in total. The van der Waals surface area contributed by atoms with Crippen molar-refractivity contribution in [2.75, 3.05) is 6.61 Å². The zero-order valence-electron chi connectivity index (χ0n) is 9.21. The number of benzene rings is 1. The highest BCUT2D eigenvalue weighted by molar-refractivity contribution is 5.37. The summed E-state index contributed by atoms with van der Waals surface area (Å²) < 4.78 is 5.58. The van der Waals surface area contributed by atoms with Gasteiger partial charge in [0.05, 0.1) is 6.61 Å². The lowest BCUT2D eigenvalue weighted by Gasteiger charge is -2.11. The van der Waals surface area contributed by atoms with Crippen LogP contribution in [0.4, 0.5) is 0 Å². The molecule has 0 amide bonds. The topological polar surface area (TPSA) is 35.2 Å². The van der Waals surface area contributed by atoms with Gasteiger partial charge in [-0.3, -0.25) is 0 Å². The Labute approximate surface area is 86.1 Å². The molecular weight excluding hydrogens is 174 g/mol. The highest BCUT2D eigenvalue weighted by Gasteiger charge is 2.03. The quantitative estimate of drug-likeness (QED) is 0.798. The van der Waals surface area contributed by atoms with Crippen LogP contribution in [0, 0.1) is 6.92 Å². The van der Waals surface area contributed by atoms with Gasteiger partial charge in [0.15, 0.2) is 0 Å². The van der Waals surface area contributed by atoms with Gasteiger partial charge < -0.3 is 10.5 Å². The molecule has 0 bridgehead atoms. The van der Waals surface area contributed by atoms with Gasteiger partial charge >= 0.3 is 0 Å². The molecule has 1 atom stereocenters. The standard InChI is InChI=1S/C12H19NO/c1-4-7-14-12-6-5-11(10(3)13)8-9(12)2/h5-6,8,10H,4,7,13H2,1-3H3/t10-/m1/s1. The number of nitrogens with two attached hydrogens (primary N) is 1. The first-order valence-electron chi connectivity index (χ1n) is 5.14. The molecule has 0 fully saturated rings. The van der Waals surface area contributed by atoms with Crippen molar-refractivity contribution in [2.45, 2.75) is 33.2 Å². The zero-order chi connectivity index (χ0) is 10.6. The van der Waals surface area contributed by atoms with Crippen LogP contribution in [0.15, 0.2) is 18.2 Å². The van der Waals surface area contributed by atoms with Gasteiger partial charge in [-0.2, -0.15) is 0 Å². The van der Waals surface area contributed by atoms with Gasteiger partial charge in [-0.25, -0.2) is 0 Å². The first-order valence-corrected chi connectivity index (χ1v) is 5.14. The van der Waals surface area contributed by atoms with Crippen LogP contribution in [0.1, 0.15) is 37.4 Å². The monoisotopic (exact) mass is 193 g/mol. The molecule has 0 aliphatic rings. The molecule has 1 aromatic rings. The third-order valence-electron chi connectivity index (χ3n) is 2.19. The van der Waals surface area contributed by atoms with E-state index in [-0.39, 0.29) is 6.04 Å². The van der Waals surface area contributed by atoms with E-state index >= 15 is 0 Å².